The van der Waals surface area contributed by atoms with Gasteiger partial charge in [-0.05, 0) is 31.9 Å². The predicted octanol–water partition coefficient (Wildman–Crippen LogP) is 2.52. The van der Waals surface area contributed by atoms with Crippen molar-refractivity contribution in [3.63, 3.8) is 0 Å². The smallest absolute Gasteiger partial charge is 0.409 e. The second-order valence-corrected chi connectivity index (χ2v) is 8.91. The van der Waals surface area contributed by atoms with Crippen LogP contribution in [0, 0.1) is 6.92 Å². The van der Waals surface area contributed by atoms with Crippen molar-refractivity contribution in [1.82, 2.24) is 29.5 Å². The van der Waals surface area contributed by atoms with Crippen LogP contribution in [0.4, 0.5) is 4.79 Å². The molecule has 0 aliphatic carbocycles. The highest BCUT2D eigenvalue weighted by Gasteiger charge is 2.47. The van der Waals surface area contributed by atoms with E-state index in [1.807, 2.05) is 24.0 Å². The number of hydrogen-bond donors (Lipinski definition) is 0. The van der Waals surface area contributed by atoms with Crippen molar-refractivity contribution >= 4 is 23.3 Å². The van der Waals surface area contributed by atoms with Crippen molar-refractivity contribution in [3.05, 3.63) is 40.3 Å². The van der Waals surface area contributed by atoms with Crippen LogP contribution in [0.25, 0.3) is 11.6 Å². The molecule has 31 heavy (non-hydrogen) atoms. The minimum Gasteiger partial charge on any atom is -0.461 e. The maximum Gasteiger partial charge on any atom is 0.409 e. The van der Waals surface area contributed by atoms with Gasteiger partial charge in [0.15, 0.2) is 17.4 Å². The Hall–Kier alpha value is -3.21. The van der Waals surface area contributed by atoms with E-state index < -0.39 is 11.6 Å². The number of carbonyl (C=O) groups is 2. The maximum absolute atomic E-state index is 12.9. The van der Waals surface area contributed by atoms with E-state index in [0.29, 0.717) is 62.1 Å². The lowest BCUT2D eigenvalue weighted by atomic mass is 9.84. The largest absolute Gasteiger partial charge is 0.461 e. The van der Waals surface area contributed by atoms with Crippen molar-refractivity contribution in [2.24, 2.45) is 0 Å². The van der Waals surface area contributed by atoms with E-state index in [1.165, 1.54) is 18.4 Å². The summed E-state index contributed by atoms with van der Waals surface area (Å²) in [6.07, 6.45) is 2.50. The number of rotatable bonds is 2. The first-order valence-electron chi connectivity index (χ1n) is 10.0. The van der Waals surface area contributed by atoms with Gasteiger partial charge in [0.2, 0.25) is 0 Å². The van der Waals surface area contributed by atoms with E-state index in [9.17, 15) is 9.59 Å². The SMILES string of the molecule is COC(=O)N1Cc2nnc(-c3ccco3)n2C2(CCN(C(=O)c3csc(C)n3)CC2)C1. The third kappa shape index (κ3) is 3.29. The molecule has 5 rings (SSSR count). The van der Waals surface area contributed by atoms with Gasteiger partial charge in [0.25, 0.3) is 5.91 Å². The zero-order valence-electron chi connectivity index (χ0n) is 17.3. The second-order valence-electron chi connectivity index (χ2n) is 7.85. The summed E-state index contributed by atoms with van der Waals surface area (Å²) < 4.78 is 12.7. The fourth-order valence-electron chi connectivity index (χ4n) is 4.52. The van der Waals surface area contributed by atoms with Gasteiger partial charge >= 0.3 is 6.09 Å². The van der Waals surface area contributed by atoms with E-state index in [4.69, 9.17) is 9.15 Å². The molecule has 162 valence electrons. The zero-order valence-corrected chi connectivity index (χ0v) is 18.1. The van der Waals surface area contributed by atoms with Gasteiger partial charge in [-0.15, -0.1) is 21.5 Å². The third-order valence-electron chi connectivity index (χ3n) is 6.02. The first-order valence-corrected chi connectivity index (χ1v) is 10.9. The van der Waals surface area contributed by atoms with Gasteiger partial charge < -0.3 is 14.1 Å². The van der Waals surface area contributed by atoms with Crippen LogP contribution in [0.2, 0.25) is 0 Å². The predicted molar refractivity (Wildman–Crippen MR) is 111 cm³/mol. The van der Waals surface area contributed by atoms with Crippen LogP contribution < -0.4 is 0 Å². The number of carbonyl (C=O) groups excluding carboxylic acids is 2. The second kappa shape index (κ2) is 7.49. The molecule has 1 spiro atoms. The molecule has 5 heterocycles. The Labute approximate surface area is 182 Å². The van der Waals surface area contributed by atoms with Crippen LogP contribution in [0.5, 0.6) is 0 Å². The van der Waals surface area contributed by atoms with Crippen molar-refractivity contribution in [3.8, 4) is 11.6 Å². The summed E-state index contributed by atoms with van der Waals surface area (Å²) in [7, 11) is 1.37. The molecule has 3 aromatic heterocycles. The number of likely N-dealkylation sites (tertiary alicyclic amines) is 1. The Balaban J connectivity index is 1.47. The molecule has 0 N–H and O–H groups in total. The van der Waals surface area contributed by atoms with Crippen molar-refractivity contribution < 1.29 is 18.7 Å². The van der Waals surface area contributed by atoms with Gasteiger partial charge in [-0.25, -0.2) is 9.78 Å². The molecular weight excluding hydrogens is 420 g/mol. The number of aromatic nitrogens is 4. The number of methoxy groups -OCH3 is 1. The van der Waals surface area contributed by atoms with Crippen LogP contribution >= 0.6 is 11.3 Å². The molecule has 0 radical (unpaired) electrons. The lowest BCUT2D eigenvalue weighted by Gasteiger charge is -2.48. The van der Waals surface area contributed by atoms with E-state index in [1.54, 1.807) is 16.5 Å². The van der Waals surface area contributed by atoms with Gasteiger partial charge in [0.05, 0.1) is 30.5 Å². The Morgan fingerprint density at radius 2 is 2.03 bits per heavy atom. The van der Waals surface area contributed by atoms with Crippen LogP contribution in [-0.4, -0.2) is 68.3 Å². The summed E-state index contributed by atoms with van der Waals surface area (Å²) in [5, 5.41) is 11.4. The van der Waals surface area contributed by atoms with Crippen molar-refractivity contribution in [2.45, 2.75) is 31.8 Å². The average molecular weight is 443 g/mol. The van der Waals surface area contributed by atoms with Crippen LogP contribution in [0.15, 0.2) is 28.2 Å². The minimum atomic E-state index is -0.456. The lowest BCUT2D eigenvalue weighted by Crippen LogP contribution is -2.57. The molecule has 0 unspecified atom stereocenters. The number of amides is 2. The molecule has 1 fully saturated rings. The molecule has 1 saturated heterocycles. The molecule has 2 aliphatic rings. The summed E-state index contributed by atoms with van der Waals surface area (Å²) in [6.45, 7) is 3.73. The number of thiazole rings is 1. The Kier molecular flexibility index (Phi) is 4.77. The summed E-state index contributed by atoms with van der Waals surface area (Å²) in [5.74, 6) is 1.88. The molecule has 2 aliphatic heterocycles. The van der Waals surface area contributed by atoms with E-state index in [-0.39, 0.29) is 5.91 Å². The first-order chi connectivity index (χ1) is 15.0. The first kappa shape index (κ1) is 19.7. The molecule has 0 saturated carbocycles. The third-order valence-corrected chi connectivity index (χ3v) is 6.79. The highest BCUT2D eigenvalue weighted by Crippen LogP contribution is 2.39. The Morgan fingerprint density at radius 3 is 2.68 bits per heavy atom. The summed E-state index contributed by atoms with van der Waals surface area (Å²) in [6, 6.07) is 3.66. The zero-order chi connectivity index (χ0) is 21.6. The minimum absolute atomic E-state index is 0.0601. The lowest BCUT2D eigenvalue weighted by molar-refractivity contribution is 0.0313. The molecule has 2 amide bonds. The Bertz CT molecular complexity index is 1110. The molecule has 0 atom stereocenters. The van der Waals surface area contributed by atoms with Gasteiger partial charge in [-0.2, -0.15) is 0 Å². The van der Waals surface area contributed by atoms with E-state index >= 15 is 0 Å². The molecule has 3 aromatic rings. The van der Waals surface area contributed by atoms with Gasteiger partial charge in [-0.3, -0.25) is 14.3 Å². The summed E-state index contributed by atoms with van der Waals surface area (Å²) >= 11 is 1.47. The Morgan fingerprint density at radius 1 is 1.23 bits per heavy atom. The van der Waals surface area contributed by atoms with Crippen molar-refractivity contribution in [1.29, 1.82) is 0 Å². The van der Waals surface area contributed by atoms with Gasteiger partial charge in [0.1, 0.15) is 5.69 Å². The molecular formula is C20H22N6O4S. The summed E-state index contributed by atoms with van der Waals surface area (Å²) in [4.78, 5) is 33.1. The van der Waals surface area contributed by atoms with Gasteiger partial charge in [0, 0.05) is 25.0 Å². The summed E-state index contributed by atoms with van der Waals surface area (Å²) in [5.41, 5.74) is 0.0295. The molecule has 0 aromatic carbocycles. The number of furan rings is 1. The maximum atomic E-state index is 12.9. The average Bonchev–Trinajstić information content (AvgIpc) is 3.53. The molecule has 10 nitrogen and oxygen atoms in total. The molecule has 11 heteroatoms. The standard InChI is InChI=1S/C20H22N6O4S/c1-13-21-14(11-31-13)18(27)24-7-5-20(6-8-24)12-25(19(28)29-2)10-16-22-23-17(26(16)20)15-4-3-9-30-15/h3-4,9,11H,5-8,10,12H2,1-2H3. The monoisotopic (exact) mass is 442 g/mol. The fraction of sp³-hybridized carbons (Fsp3) is 0.450. The van der Waals surface area contributed by atoms with Gasteiger partial charge in [-0.1, -0.05) is 0 Å². The van der Waals surface area contributed by atoms with Crippen molar-refractivity contribution in [2.75, 3.05) is 26.7 Å². The van der Waals surface area contributed by atoms with Crippen LogP contribution in [0.3, 0.4) is 0 Å². The molecule has 0 bridgehead atoms. The number of aryl methyl sites for hydroxylation is 1. The number of fused-ring (bicyclic) bond motifs is 2. The highest BCUT2D eigenvalue weighted by molar-refractivity contribution is 7.09. The van der Waals surface area contributed by atoms with E-state index in [2.05, 4.69) is 19.7 Å². The fourth-order valence-corrected chi connectivity index (χ4v) is 5.11. The normalized spacial score (nSPS) is 17.6. The quantitative estimate of drug-likeness (QED) is 0.600. The number of ether oxygens (including phenoxy) is 1. The topological polar surface area (TPSA) is 107 Å². The van der Waals surface area contributed by atoms with Crippen LogP contribution in [0.1, 0.15) is 34.2 Å². The van der Waals surface area contributed by atoms with E-state index in [0.717, 1.165) is 5.01 Å². The number of hydrogen-bond acceptors (Lipinski definition) is 8. The number of piperidine rings is 1. The number of nitrogens with zero attached hydrogens (tertiary/aromatic N) is 6. The van der Waals surface area contributed by atoms with Crippen LogP contribution in [-0.2, 0) is 16.8 Å². The highest BCUT2D eigenvalue weighted by atomic mass is 32.1.